The van der Waals surface area contributed by atoms with Crippen LogP contribution in [0.2, 0.25) is 0 Å². The minimum absolute atomic E-state index is 0.0371. The van der Waals surface area contributed by atoms with E-state index in [1.165, 1.54) is 18.9 Å². The van der Waals surface area contributed by atoms with Gasteiger partial charge in [0, 0.05) is 24.5 Å². The number of carbonyl (C=O) groups excluding carboxylic acids is 2. The van der Waals surface area contributed by atoms with Gasteiger partial charge < -0.3 is 19.6 Å². The van der Waals surface area contributed by atoms with Gasteiger partial charge in [0.15, 0.2) is 6.61 Å². The topological polar surface area (TPSA) is 87.2 Å². The fourth-order valence-corrected chi connectivity index (χ4v) is 2.53. The number of nitrogens with zero attached hydrogens (tertiary/aromatic N) is 2. The molecular weight excluding hydrogens is 368 g/mol. The Kier molecular flexibility index (Phi) is 5.25. The van der Waals surface area contributed by atoms with Crippen LogP contribution < -0.4 is 9.64 Å². The number of ether oxygens (including phenoxy) is 1. The number of amides is 2. The average Bonchev–Trinajstić information content (AvgIpc) is 2.52. The minimum atomic E-state index is -1.07. The Morgan fingerprint density at radius 3 is 2.83 bits per heavy atom. The predicted octanol–water partition coefficient (Wildman–Crippen LogP) is 1.50. The molecule has 0 bridgehead atoms. The van der Waals surface area contributed by atoms with E-state index in [0.717, 1.165) is 9.37 Å². The van der Waals surface area contributed by atoms with Crippen LogP contribution in [0.3, 0.4) is 0 Å². The average molecular weight is 385 g/mol. The van der Waals surface area contributed by atoms with Gasteiger partial charge in [0.2, 0.25) is 5.91 Å². The Hall–Kier alpha value is -2.09. The number of likely N-dealkylation sites (N-methyl/N-ethyl adjacent to an activating group) is 1. The summed E-state index contributed by atoms with van der Waals surface area (Å²) in [6.07, 6.45) is 0.0371. The lowest BCUT2D eigenvalue weighted by Crippen LogP contribution is -2.44. The van der Waals surface area contributed by atoms with Gasteiger partial charge >= 0.3 is 5.97 Å². The Balaban J connectivity index is 2.07. The maximum Gasteiger partial charge on any atom is 0.326 e. The molecule has 1 heterocycles. The van der Waals surface area contributed by atoms with Crippen LogP contribution in [-0.2, 0) is 14.4 Å². The molecule has 7 nitrogen and oxygen atoms in total. The van der Waals surface area contributed by atoms with Gasteiger partial charge in [0.05, 0.1) is 5.69 Å². The summed E-state index contributed by atoms with van der Waals surface area (Å²) in [6, 6.07) is 4.37. The van der Waals surface area contributed by atoms with Gasteiger partial charge in [-0.1, -0.05) is 15.9 Å². The highest BCUT2D eigenvalue weighted by atomic mass is 79.9. The van der Waals surface area contributed by atoms with Crippen LogP contribution in [0.5, 0.6) is 5.75 Å². The van der Waals surface area contributed by atoms with E-state index >= 15 is 0 Å². The monoisotopic (exact) mass is 384 g/mol. The van der Waals surface area contributed by atoms with Gasteiger partial charge in [-0.05, 0) is 25.1 Å². The van der Waals surface area contributed by atoms with Crippen LogP contribution in [0.4, 0.5) is 5.69 Å². The van der Waals surface area contributed by atoms with Crippen molar-refractivity contribution in [3.05, 3.63) is 22.7 Å². The van der Waals surface area contributed by atoms with E-state index in [9.17, 15) is 14.4 Å². The van der Waals surface area contributed by atoms with Gasteiger partial charge in [-0.2, -0.15) is 0 Å². The molecule has 0 spiro atoms. The molecule has 0 aliphatic carbocycles. The second-order valence-corrected chi connectivity index (χ2v) is 6.13. The quantitative estimate of drug-likeness (QED) is 0.830. The fraction of sp³-hybridized carbons (Fsp3) is 0.400. The zero-order chi connectivity index (χ0) is 17.1. The highest BCUT2D eigenvalue weighted by Crippen LogP contribution is 2.34. The second-order valence-electron chi connectivity index (χ2n) is 5.21. The first-order chi connectivity index (χ1) is 10.8. The Morgan fingerprint density at radius 2 is 2.17 bits per heavy atom. The summed E-state index contributed by atoms with van der Waals surface area (Å²) < 4.78 is 6.21. The van der Waals surface area contributed by atoms with E-state index in [2.05, 4.69) is 15.9 Å². The van der Waals surface area contributed by atoms with E-state index in [1.807, 2.05) is 0 Å². The summed E-state index contributed by atoms with van der Waals surface area (Å²) in [6.45, 7) is 1.53. The number of aliphatic carboxylic acids is 1. The molecule has 2 amide bonds. The number of carboxylic acid groups (broad SMARTS) is 1. The number of rotatable bonds is 5. The first kappa shape index (κ1) is 17.3. The third-order valence-corrected chi connectivity index (χ3v) is 4.24. The molecular formula is C15H17BrN2O5. The van der Waals surface area contributed by atoms with E-state index in [4.69, 9.17) is 9.84 Å². The van der Waals surface area contributed by atoms with E-state index in [0.29, 0.717) is 11.4 Å². The molecule has 23 heavy (non-hydrogen) atoms. The summed E-state index contributed by atoms with van der Waals surface area (Å²) in [4.78, 5) is 37.7. The number of fused-ring (bicyclic) bond motifs is 1. The van der Waals surface area contributed by atoms with Gasteiger partial charge in [-0.3, -0.25) is 9.59 Å². The molecule has 0 saturated heterocycles. The molecule has 1 aromatic carbocycles. The number of benzene rings is 1. The van der Waals surface area contributed by atoms with Crippen molar-refractivity contribution >= 4 is 39.4 Å². The number of carbonyl (C=O) groups is 3. The van der Waals surface area contributed by atoms with Crippen LogP contribution in [0.1, 0.15) is 13.3 Å². The van der Waals surface area contributed by atoms with Crippen molar-refractivity contribution in [3.63, 3.8) is 0 Å². The summed E-state index contributed by atoms with van der Waals surface area (Å²) in [5.74, 6) is -1.07. The number of carboxylic acids is 1. The van der Waals surface area contributed by atoms with Gasteiger partial charge in [-0.25, -0.2) is 4.79 Å². The van der Waals surface area contributed by atoms with Crippen molar-refractivity contribution in [2.75, 3.05) is 25.1 Å². The molecule has 1 atom stereocenters. The van der Waals surface area contributed by atoms with Crippen LogP contribution in [0, 0.1) is 0 Å². The molecule has 1 aliphatic heterocycles. The van der Waals surface area contributed by atoms with Crippen LogP contribution >= 0.6 is 15.9 Å². The van der Waals surface area contributed by atoms with Gasteiger partial charge in [0.1, 0.15) is 11.8 Å². The third kappa shape index (κ3) is 3.82. The second kappa shape index (κ2) is 6.99. The molecule has 0 unspecified atom stereocenters. The number of hydrogen-bond acceptors (Lipinski definition) is 4. The molecule has 0 radical (unpaired) electrons. The molecule has 0 aromatic heterocycles. The molecule has 1 N–H and O–H groups in total. The summed E-state index contributed by atoms with van der Waals surface area (Å²) in [5.41, 5.74) is 0.603. The lowest BCUT2D eigenvalue weighted by Gasteiger charge is -2.30. The Bertz CT molecular complexity index is 649. The molecule has 1 aliphatic rings. The van der Waals surface area contributed by atoms with Crippen molar-refractivity contribution in [2.24, 2.45) is 0 Å². The number of halogens is 1. The molecule has 0 saturated carbocycles. The van der Waals surface area contributed by atoms with Crippen molar-refractivity contribution in [3.8, 4) is 5.75 Å². The standard InChI is InChI=1S/C15H17BrN2O5/c1-9(15(21)22)17(2)13(19)5-6-18-11-4-3-10(16)7-12(11)23-8-14(18)20/h3-4,7,9H,5-6,8H2,1-2H3,(H,21,22)/t9-/m0/s1. The van der Waals surface area contributed by atoms with Crippen LogP contribution in [0.25, 0.3) is 0 Å². The zero-order valence-corrected chi connectivity index (χ0v) is 14.4. The lowest BCUT2D eigenvalue weighted by atomic mass is 10.2. The van der Waals surface area contributed by atoms with Gasteiger partial charge in [-0.15, -0.1) is 0 Å². The SMILES string of the molecule is C[C@@H](C(=O)O)N(C)C(=O)CCN1C(=O)COc2cc(Br)ccc21. The van der Waals surface area contributed by atoms with Crippen molar-refractivity contribution < 1.29 is 24.2 Å². The smallest absolute Gasteiger partial charge is 0.326 e. The van der Waals surface area contributed by atoms with E-state index < -0.39 is 12.0 Å². The maximum absolute atomic E-state index is 12.1. The molecule has 1 aromatic rings. The Morgan fingerprint density at radius 1 is 1.48 bits per heavy atom. The van der Waals surface area contributed by atoms with E-state index in [1.54, 1.807) is 18.2 Å². The largest absolute Gasteiger partial charge is 0.482 e. The molecule has 124 valence electrons. The summed E-state index contributed by atoms with van der Waals surface area (Å²) in [5, 5.41) is 8.94. The zero-order valence-electron chi connectivity index (χ0n) is 12.8. The normalized spacial score (nSPS) is 14.7. The minimum Gasteiger partial charge on any atom is -0.482 e. The number of hydrogen-bond donors (Lipinski definition) is 1. The highest BCUT2D eigenvalue weighted by molar-refractivity contribution is 9.10. The van der Waals surface area contributed by atoms with Crippen molar-refractivity contribution in [1.29, 1.82) is 0 Å². The molecule has 2 rings (SSSR count). The summed E-state index contributed by atoms with van der Waals surface area (Å²) >= 11 is 3.34. The first-order valence-electron chi connectivity index (χ1n) is 7.02. The molecule has 8 heteroatoms. The van der Waals surface area contributed by atoms with Crippen molar-refractivity contribution in [1.82, 2.24) is 4.90 Å². The highest BCUT2D eigenvalue weighted by Gasteiger charge is 2.27. The Labute approximate surface area is 141 Å². The third-order valence-electron chi connectivity index (χ3n) is 3.75. The van der Waals surface area contributed by atoms with Gasteiger partial charge in [0.25, 0.3) is 5.91 Å². The predicted molar refractivity (Wildman–Crippen MR) is 86.5 cm³/mol. The fourth-order valence-electron chi connectivity index (χ4n) is 2.19. The van der Waals surface area contributed by atoms with Crippen LogP contribution in [-0.4, -0.2) is 54.0 Å². The summed E-state index contributed by atoms with van der Waals surface area (Å²) in [7, 11) is 1.44. The first-order valence-corrected chi connectivity index (χ1v) is 7.81. The molecule has 0 fully saturated rings. The van der Waals surface area contributed by atoms with Crippen molar-refractivity contribution in [2.45, 2.75) is 19.4 Å². The lowest BCUT2D eigenvalue weighted by molar-refractivity contribution is -0.148. The van der Waals surface area contributed by atoms with E-state index in [-0.39, 0.29) is 31.4 Å². The maximum atomic E-state index is 12.1. The van der Waals surface area contributed by atoms with Crippen LogP contribution in [0.15, 0.2) is 22.7 Å². The number of anilines is 1.